The molecule has 0 atom stereocenters. The summed E-state index contributed by atoms with van der Waals surface area (Å²) < 4.78 is 29.3. The molecular formula is C31H23ClF2N6O2. The monoisotopic (exact) mass is 584 g/mol. The van der Waals surface area contributed by atoms with E-state index in [1.54, 1.807) is 28.0 Å². The summed E-state index contributed by atoms with van der Waals surface area (Å²) in [5, 5.41) is 4.35. The van der Waals surface area contributed by atoms with Crippen LogP contribution in [-0.2, 0) is 5.41 Å². The molecule has 1 saturated heterocycles. The lowest BCUT2D eigenvalue weighted by atomic mass is 9.74. The van der Waals surface area contributed by atoms with Crippen LogP contribution in [0.2, 0.25) is 5.15 Å². The minimum absolute atomic E-state index is 0.0660. The predicted molar refractivity (Wildman–Crippen MR) is 153 cm³/mol. The summed E-state index contributed by atoms with van der Waals surface area (Å²) in [6.45, 7) is 1.44. The zero-order chi connectivity index (χ0) is 29.0. The fourth-order valence-corrected chi connectivity index (χ4v) is 6.35. The third-order valence-corrected chi connectivity index (χ3v) is 8.59. The first-order valence-electron chi connectivity index (χ1n) is 13.4. The van der Waals surface area contributed by atoms with Crippen molar-refractivity contribution in [1.29, 1.82) is 0 Å². The van der Waals surface area contributed by atoms with Crippen LogP contribution in [0.3, 0.4) is 0 Å². The molecule has 42 heavy (non-hydrogen) atoms. The Bertz CT molecular complexity index is 1870. The van der Waals surface area contributed by atoms with Crippen molar-refractivity contribution in [3.63, 3.8) is 0 Å². The van der Waals surface area contributed by atoms with Gasteiger partial charge >= 0.3 is 0 Å². The number of nitrogens with zero attached hydrogens (tertiary/aromatic N) is 6. The SMILES string of the molecule is O=C(c1cccc(-n2cncn2)c1)N1CCC2(CC1)CN(C(=O)c1cc3cc(F)c(F)cc3nc1Cl)c1ccccc12. The first-order valence-corrected chi connectivity index (χ1v) is 13.8. The zero-order valence-electron chi connectivity index (χ0n) is 22.2. The van der Waals surface area contributed by atoms with E-state index in [9.17, 15) is 18.4 Å². The molecule has 0 unspecified atom stereocenters. The molecule has 1 spiro atoms. The van der Waals surface area contributed by atoms with Crippen LogP contribution in [-0.4, -0.2) is 56.1 Å². The van der Waals surface area contributed by atoms with Gasteiger partial charge in [-0.1, -0.05) is 35.9 Å². The van der Waals surface area contributed by atoms with Crippen LogP contribution >= 0.6 is 11.6 Å². The van der Waals surface area contributed by atoms with Crippen molar-refractivity contribution in [3.8, 4) is 5.69 Å². The van der Waals surface area contributed by atoms with Gasteiger partial charge in [-0.3, -0.25) is 9.59 Å². The Labute approximate surface area is 244 Å². The van der Waals surface area contributed by atoms with Crippen LogP contribution in [0.5, 0.6) is 0 Å². The molecule has 3 aromatic carbocycles. The van der Waals surface area contributed by atoms with Crippen molar-refractivity contribution in [3.05, 3.63) is 113 Å². The van der Waals surface area contributed by atoms with E-state index in [-0.39, 0.29) is 38.8 Å². The number of hydrogen-bond donors (Lipinski definition) is 0. The molecule has 210 valence electrons. The highest BCUT2D eigenvalue weighted by atomic mass is 35.5. The number of halogens is 3. The van der Waals surface area contributed by atoms with E-state index in [0.29, 0.717) is 38.0 Å². The van der Waals surface area contributed by atoms with Crippen molar-refractivity contribution in [2.75, 3.05) is 24.5 Å². The maximum atomic E-state index is 13.9. The average Bonchev–Trinajstić information content (AvgIpc) is 3.66. The predicted octanol–water partition coefficient (Wildman–Crippen LogP) is 5.58. The molecule has 2 amide bonds. The highest BCUT2D eigenvalue weighted by molar-refractivity contribution is 6.34. The zero-order valence-corrected chi connectivity index (χ0v) is 22.9. The Balaban J connectivity index is 1.14. The Kier molecular flexibility index (Phi) is 6.23. The Morgan fingerprint density at radius 2 is 1.69 bits per heavy atom. The number of carbonyl (C=O) groups excluding carboxylic acids is 2. The Hall–Kier alpha value is -4.70. The van der Waals surface area contributed by atoms with Gasteiger partial charge in [0, 0.05) is 47.8 Å². The minimum atomic E-state index is -1.03. The van der Waals surface area contributed by atoms with Gasteiger partial charge in [-0.15, -0.1) is 0 Å². The Morgan fingerprint density at radius 3 is 2.48 bits per heavy atom. The lowest BCUT2D eigenvalue weighted by Gasteiger charge is -2.40. The molecule has 7 rings (SSSR count). The van der Waals surface area contributed by atoms with Crippen LogP contribution in [0.1, 0.15) is 39.1 Å². The van der Waals surface area contributed by atoms with Gasteiger partial charge in [0.05, 0.1) is 16.8 Å². The molecule has 1 fully saturated rings. The number of rotatable bonds is 3. The fraction of sp³-hybridized carbons (Fsp3) is 0.194. The molecule has 0 radical (unpaired) electrons. The molecule has 2 aliphatic rings. The van der Waals surface area contributed by atoms with Gasteiger partial charge in [0.25, 0.3) is 11.8 Å². The first kappa shape index (κ1) is 26.2. The molecule has 0 saturated carbocycles. The summed E-state index contributed by atoms with van der Waals surface area (Å²) in [6.07, 6.45) is 4.35. The number of fused-ring (bicyclic) bond motifs is 3. The van der Waals surface area contributed by atoms with E-state index in [1.165, 1.54) is 12.4 Å². The number of para-hydroxylation sites is 1. The van der Waals surface area contributed by atoms with Gasteiger partial charge in [0.15, 0.2) is 11.6 Å². The van der Waals surface area contributed by atoms with Crippen LogP contribution in [0.25, 0.3) is 16.6 Å². The van der Waals surface area contributed by atoms with Crippen molar-refractivity contribution >= 4 is 40.0 Å². The average molecular weight is 585 g/mol. The molecule has 2 aromatic heterocycles. The number of aromatic nitrogens is 4. The number of anilines is 1. The second-order valence-electron chi connectivity index (χ2n) is 10.7. The summed E-state index contributed by atoms with van der Waals surface area (Å²) >= 11 is 6.40. The van der Waals surface area contributed by atoms with Gasteiger partial charge in [0.1, 0.15) is 17.8 Å². The molecule has 8 nitrogen and oxygen atoms in total. The molecule has 4 heterocycles. The summed E-state index contributed by atoms with van der Waals surface area (Å²) in [6, 6.07) is 18.5. The van der Waals surface area contributed by atoms with Crippen LogP contribution in [0.15, 0.2) is 79.4 Å². The van der Waals surface area contributed by atoms with Gasteiger partial charge in [-0.25, -0.2) is 23.4 Å². The smallest absolute Gasteiger partial charge is 0.261 e. The minimum Gasteiger partial charge on any atom is -0.339 e. The van der Waals surface area contributed by atoms with Crippen molar-refractivity contribution in [1.82, 2.24) is 24.6 Å². The molecule has 0 bridgehead atoms. The van der Waals surface area contributed by atoms with E-state index in [4.69, 9.17) is 11.6 Å². The number of carbonyl (C=O) groups is 2. The van der Waals surface area contributed by atoms with E-state index < -0.39 is 11.6 Å². The third-order valence-electron chi connectivity index (χ3n) is 8.30. The summed E-state index contributed by atoms with van der Waals surface area (Å²) in [5.41, 5.74) is 3.05. The maximum absolute atomic E-state index is 13.9. The third kappa shape index (κ3) is 4.30. The first-order chi connectivity index (χ1) is 20.3. The normalized spacial score (nSPS) is 15.8. The van der Waals surface area contributed by atoms with Gasteiger partial charge in [0.2, 0.25) is 0 Å². The van der Waals surface area contributed by atoms with E-state index in [1.807, 2.05) is 41.3 Å². The number of amides is 2. The van der Waals surface area contributed by atoms with Crippen LogP contribution in [0, 0.1) is 11.6 Å². The summed E-state index contributed by atoms with van der Waals surface area (Å²) in [7, 11) is 0. The molecule has 11 heteroatoms. The second-order valence-corrected chi connectivity index (χ2v) is 11.0. The second kappa shape index (κ2) is 9.99. The quantitative estimate of drug-likeness (QED) is 0.259. The lowest BCUT2D eigenvalue weighted by Crippen LogP contribution is -2.47. The number of pyridine rings is 1. The Morgan fingerprint density at radius 1 is 0.905 bits per heavy atom. The number of hydrogen-bond acceptors (Lipinski definition) is 5. The molecular weight excluding hydrogens is 562 g/mol. The maximum Gasteiger partial charge on any atom is 0.261 e. The largest absolute Gasteiger partial charge is 0.339 e. The van der Waals surface area contributed by atoms with Crippen molar-refractivity contribution in [2.24, 2.45) is 0 Å². The standard InChI is InChI=1S/C31H23ClF2N6O2/c32-28-22(13-20-14-24(33)25(34)15-26(20)37-28)30(42)39-16-31(23-6-1-2-7-27(23)39)8-10-38(11-9-31)29(41)19-4-3-5-21(12-19)40-18-35-17-36-40/h1-7,12-15,17-18H,8-11,16H2. The number of benzene rings is 3. The van der Waals surface area contributed by atoms with E-state index in [0.717, 1.165) is 29.1 Å². The van der Waals surface area contributed by atoms with E-state index in [2.05, 4.69) is 15.1 Å². The van der Waals surface area contributed by atoms with Crippen LogP contribution < -0.4 is 4.90 Å². The summed E-state index contributed by atoms with van der Waals surface area (Å²) in [4.78, 5) is 39.0. The lowest BCUT2D eigenvalue weighted by molar-refractivity contribution is 0.0670. The fourth-order valence-electron chi connectivity index (χ4n) is 6.12. The number of likely N-dealkylation sites (tertiary alicyclic amines) is 1. The molecule has 2 aliphatic heterocycles. The van der Waals surface area contributed by atoms with Gasteiger partial charge in [-0.05, 0) is 54.8 Å². The number of piperidine rings is 1. The van der Waals surface area contributed by atoms with E-state index >= 15 is 0 Å². The molecule has 0 N–H and O–H groups in total. The highest BCUT2D eigenvalue weighted by Crippen LogP contribution is 2.47. The molecule has 0 aliphatic carbocycles. The van der Waals surface area contributed by atoms with Gasteiger partial charge in [-0.2, -0.15) is 5.10 Å². The topological polar surface area (TPSA) is 84.2 Å². The van der Waals surface area contributed by atoms with Crippen LogP contribution in [0.4, 0.5) is 14.5 Å². The highest BCUT2D eigenvalue weighted by Gasteiger charge is 2.47. The molecule has 5 aromatic rings. The van der Waals surface area contributed by atoms with Crippen molar-refractivity contribution < 1.29 is 18.4 Å². The van der Waals surface area contributed by atoms with Gasteiger partial charge < -0.3 is 9.80 Å². The summed E-state index contributed by atoms with van der Waals surface area (Å²) in [5.74, 6) is -2.49. The van der Waals surface area contributed by atoms with Crippen molar-refractivity contribution in [2.45, 2.75) is 18.3 Å².